The molecular formula is C4H6NNaO4S. The third-order valence-electron chi connectivity index (χ3n) is 0.801. The topological polar surface area (TPSA) is 72.5 Å². The summed E-state index contributed by atoms with van der Waals surface area (Å²) in [6, 6.07) is 0. The van der Waals surface area contributed by atoms with E-state index in [0.717, 1.165) is 6.08 Å². The van der Waals surface area contributed by atoms with Crippen LogP contribution in [0, 0.1) is 0 Å². The Kier molecular flexibility index (Phi) is 3.56. The molecule has 0 unspecified atom stereocenters. The van der Waals surface area contributed by atoms with Crippen molar-refractivity contribution in [3.63, 3.8) is 0 Å². The van der Waals surface area contributed by atoms with Crippen LogP contribution < -0.4 is 4.72 Å². The van der Waals surface area contributed by atoms with Crippen LogP contribution in [0.3, 0.4) is 0 Å². The Hall–Kier alpha value is -0.0400. The van der Waals surface area contributed by atoms with Crippen LogP contribution in [-0.2, 0) is 19.3 Å². The van der Waals surface area contributed by atoms with Gasteiger partial charge in [-0.1, -0.05) is 0 Å². The molecule has 7 heteroatoms. The predicted molar refractivity (Wildman–Crippen MR) is 39.1 cm³/mol. The standard InChI is InChI=1S/C4H5NO4S.Na.H/c1-3-2-4(6)5-10(7,8)9-3;;/h2H,1H3,(H,5,6);;. The zero-order valence-electron chi connectivity index (χ0n) is 5.12. The Labute approximate surface area is 86.3 Å². The van der Waals surface area contributed by atoms with Gasteiger partial charge in [0.25, 0.3) is 5.91 Å². The number of carbonyl (C=O) groups is 1. The van der Waals surface area contributed by atoms with E-state index in [0.29, 0.717) is 0 Å². The van der Waals surface area contributed by atoms with Crippen LogP contribution in [0.15, 0.2) is 11.8 Å². The van der Waals surface area contributed by atoms with Crippen molar-refractivity contribution in [2.24, 2.45) is 0 Å². The summed E-state index contributed by atoms with van der Waals surface area (Å²) in [5.74, 6) is -0.604. The summed E-state index contributed by atoms with van der Waals surface area (Å²) in [7, 11) is -3.85. The zero-order chi connectivity index (χ0) is 7.78. The minimum atomic E-state index is -3.85. The molecule has 0 aromatic heterocycles. The Morgan fingerprint density at radius 2 is 2.09 bits per heavy atom. The van der Waals surface area contributed by atoms with Crippen LogP contribution >= 0.6 is 0 Å². The van der Waals surface area contributed by atoms with Crippen LogP contribution in [0.4, 0.5) is 0 Å². The number of hydrogen-bond acceptors (Lipinski definition) is 4. The first-order chi connectivity index (χ1) is 4.49. The number of allylic oxidation sites excluding steroid dienone is 1. The van der Waals surface area contributed by atoms with Gasteiger partial charge in [0.05, 0.1) is 0 Å². The number of hydrogen-bond donors (Lipinski definition) is 1. The van der Waals surface area contributed by atoms with Gasteiger partial charge >= 0.3 is 39.9 Å². The van der Waals surface area contributed by atoms with Crippen LogP contribution in [0.25, 0.3) is 0 Å². The van der Waals surface area contributed by atoms with Crippen molar-refractivity contribution in [2.45, 2.75) is 6.92 Å². The fourth-order valence-corrected chi connectivity index (χ4v) is 1.30. The zero-order valence-corrected chi connectivity index (χ0v) is 5.94. The molecule has 1 heterocycles. The average molecular weight is 187 g/mol. The summed E-state index contributed by atoms with van der Waals surface area (Å²) in [6.45, 7) is 1.39. The van der Waals surface area contributed by atoms with Crippen LogP contribution in [0.1, 0.15) is 6.92 Å². The molecule has 5 nitrogen and oxygen atoms in total. The Balaban J connectivity index is 0.000001000. The molecule has 1 amide bonds. The van der Waals surface area contributed by atoms with Gasteiger partial charge in [0, 0.05) is 6.08 Å². The molecule has 0 radical (unpaired) electrons. The molecule has 0 saturated heterocycles. The van der Waals surface area contributed by atoms with Crippen molar-refractivity contribution in [1.29, 1.82) is 0 Å². The SMILES string of the molecule is CC1=CC(=O)NS(=O)(=O)O1.[NaH]. The average Bonchev–Trinajstić information content (AvgIpc) is 1.54. The summed E-state index contributed by atoms with van der Waals surface area (Å²) < 4.78 is 26.8. The predicted octanol–water partition coefficient (Wildman–Crippen LogP) is -1.37. The number of amides is 1. The maximum absolute atomic E-state index is 10.5. The van der Waals surface area contributed by atoms with E-state index in [4.69, 9.17) is 0 Å². The van der Waals surface area contributed by atoms with E-state index in [9.17, 15) is 13.2 Å². The van der Waals surface area contributed by atoms with E-state index in [1.807, 2.05) is 0 Å². The van der Waals surface area contributed by atoms with Gasteiger partial charge in [-0.2, -0.15) is 8.42 Å². The summed E-state index contributed by atoms with van der Waals surface area (Å²) in [5.41, 5.74) is 0. The van der Waals surface area contributed by atoms with E-state index < -0.39 is 16.2 Å². The third kappa shape index (κ3) is 3.24. The second kappa shape index (κ2) is 3.57. The monoisotopic (exact) mass is 187 g/mol. The fourth-order valence-electron chi connectivity index (χ4n) is 0.555. The molecule has 58 valence electrons. The molecule has 0 saturated carbocycles. The van der Waals surface area contributed by atoms with Gasteiger partial charge < -0.3 is 4.18 Å². The second-order valence-electron chi connectivity index (χ2n) is 1.76. The molecule has 0 fully saturated rings. The Morgan fingerprint density at radius 1 is 1.55 bits per heavy atom. The molecule has 0 aromatic rings. The first-order valence-electron chi connectivity index (χ1n) is 2.44. The van der Waals surface area contributed by atoms with Gasteiger partial charge in [-0.25, -0.2) is 4.72 Å². The molecule has 0 spiro atoms. The van der Waals surface area contributed by atoms with Crippen molar-refractivity contribution < 1.29 is 17.4 Å². The van der Waals surface area contributed by atoms with Crippen LogP contribution in [-0.4, -0.2) is 43.9 Å². The fraction of sp³-hybridized carbons (Fsp3) is 0.250. The summed E-state index contributed by atoms with van der Waals surface area (Å²) in [5, 5.41) is 0. The molecule has 1 aliphatic rings. The Bertz CT molecular complexity index is 293. The number of rotatable bonds is 0. The molecular weight excluding hydrogens is 181 g/mol. The molecule has 0 aromatic carbocycles. The molecule has 1 aliphatic heterocycles. The van der Waals surface area contributed by atoms with Crippen molar-refractivity contribution in [3.8, 4) is 0 Å². The minimum absolute atomic E-state index is 0. The number of carbonyl (C=O) groups excluding carboxylic acids is 1. The van der Waals surface area contributed by atoms with Crippen LogP contribution in [0.5, 0.6) is 0 Å². The summed E-state index contributed by atoms with van der Waals surface area (Å²) in [6.07, 6.45) is 1.06. The quantitative estimate of drug-likeness (QED) is 0.475. The van der Waals surface area contributed by atoms with Gasteiger partial charge in [0.2, 0.25) is 0 Å². The normalized spacial score (nSPS) is 20.5. The van der Waals surface area contributed by atoms with Crippen molar-refractivity contribution in [2.75, 3.05) is 0 Å². The maximum atomic E-state index is 10.5. The van der Waals surface area contributed by atoms with Crippen molar-refractivity contribution in [1.82, 2.24) is 4.72 Å². The van der Waals surface area contributed by atoms with Crippen molar-refractivity contribution in [3.05, 3.63) is 11.8 Å². The first-order valence-corrected chi connectivity index (χ1v) is 3.85. The molecule has 0 aliphatic carbocycles. The molecule has 11 heavy (non-hydrogen) atoms. The Morgan fingerprint density at radius 3 is 2.45 bits per heavy atom. The van der Waals surface area contributed by atoms with Gasteiger partial charge in [-0.15, -0.1) is 0 Å². The van der Waals surface area contributed by atoms with Gasteiger partial charge in [0.15, 0.2) is 0 Å². The van der Waals surface area contributed by atoms with Crippen LogP contribution in [0.2, 0.25) is 0 Å². The van der Waals surface area contributed by atoms with E-state index in [-0.39, 0.29) is 35.3 Å². The van der Waals surface area contributed by atoms with Gasteiger partial charge in [0.1, 0.15) is 5.76 Å². The number of nitrogens with one attached hydrogen (secondary N) is 1. The summed E-state index contributed by atoms with van der Waals surface area (Å²) in [4.78, 5) is 10.4. The molecule has 0 atom stereocenters. The molecule has 0 bridgehead atoms. The van der Waals surface area contributed by atoms with E-state index in [1.165, 1.54) is 6.92 Å². The second-order valence-corrected chi connectivity index (χ2v) is 3.04. The first kappa shape index (κ1) is 11.0. The molecule has 1 rings (SSSR count). The van der Waals surface area contributed by atoms with E-state index in [2.05, 4.69) is 4.18 Å². The molecule has 1 N–H and O–H groups in total. The van der Waals surface area contributed by atoms with Gasteiger partial charge in [-0.3, -0.25) is 4.79 Å². The third-order valence-corrected chi connectivity index (χ3v) is 1.73. The van der Waals surface area contributed by atoms with E-state index >= 15 is 0 Å². The summed E-state index contributed by atoms with van der Waals surface area (Å²) >= 11 is 0. The van der Waals surface area contributed by atoms with Gasteiger partial charge in [-0.05, 0) is 6.92 Å². The van der Waals surface area contributed by atoms with Crippen molar-refractivity contribution >= 4 is 45.8 Å². The van der Waals surface area contributed by atoms with E-state index in [1.54, 1.807) is 4.72 Å².